The van der Waals surface area contributed by atoms with Crippen molar-refractivity contribution in [2.45, 2.75) is 49.7 Å². The summed E-state index contributed by atoms with van der Waals surface area (Å²) in [5.41, 5.74) is 0.154. The van der Waals surface area contributed by atoms with E-state index in [1.165, 1.54) is 13.0 Å². The molecule has 2 bridgehead atoms. The van der Waals surface area contributed by atoms with Crippen molar-refractivity contribution in [1.82, 2.24) is 0 Å². The second-order valence-electron chi connectivity index (χ2n) is 7.34. The summed E-state index contributed by atoms with van der Waals surface area (Å²) >= 11 is 0. The minimum Gasteiger partial charge on any atom is -0.477 e. The van der Waals surface area contributed by atoms with Crippen LogP contribution in [0.3, 0.4) is 0 Å². The fraction of sp³-hybridized carbons (Fsp3) is 0.474. The normalized spacial score (nSPS) is 37.7. The zero-order chi connectivity index (χ0) is 16.7. The van der Waals surface area contributed by atoms with Gasteiger partial charge in [0.15, 0.2) is 23.4 Å². The van der Waals surface area contributed by atoms with E-state index in [0.29, 0.717) is 17.9 Å². The van der Waals surface area contributed by atoms with Crippen LogP contribution in [0, 0.1) is 5.92 Å². The number of benzene rings is 1. The average Bonchev–Trinajstić information content (AvgIpc) is 2.87. The minimum atomic E-state index is -1.07. The van der Waals surface area contributed by atoms with Crippen molar-refractivity contribution < 1.29 is 24.2 Å². The molecule has 1 heterocycles. The first-order chi connectivity index (χ1) is 11.5. The van der Waals surface area contributed by atoms with Crippen molar-refractivity contribution in [3.63, 3.8) is 0 Å². The summed E-state index contributed by atoms with van der Waals surface area (Å²) in [6.07, 6.45) is 5.74. The molecule has 0 saturated heterocycles. The zero-order valence-corrected chi connectivity index (χ0v) is 13.4. The van der Waals surface area contributed by atoms with Crippen LogP contribution in [0.25, 0.3) is 0 Å². The summed E-state index contributed by atoms with van der Waals surface area (Å²) in [6, 6.07) is 3.69. The predicted octanol–water partition coefficient (Wildman–Crippen LogP) is 1.84. The quantitative estimate of drug-likeness (QED) is 0.630. The van der Waals surface area contributed by atoms with Crippen LogP contribution in [0.1, 0.15) is 37.3 Å². The third kappa shape index (κ3) is 1.41. The highest BCUT2D eigenvalue weighted by Crippen LogP contribution is 2.65. The van der Waals surface area contributed by atoms with E-state index in [2.05, 4.69) is 0 Å². The van der Waals surface area contributed by atoms with Crippen molar-refractivity contribution in [2.24, 2.45) is 5.92 Å². The van der Waals surface area contributed by atoms with E-state index in [1.807, 2.05) is 6.07 Å². The maximum absolute atomic E-state index is 12.6. The number of carbonyl (C=O) groups is 2. The summed E-state index contributed by atoms with van der Waals surface area (Å²) in [6.45, 7) is 1.34. The summed E-state index contributed by atoms with van der Waals surface area (Å²) in [7, 11) is 0. The molecule has 1 spiro atoms. The van der Waals surface area contributed by atoms with Crippen molar-refractivity contribution in [2.75, 3.05) is 0 Å². The van der Waals surface area contributed by atoms with Crippen LogP contribution >= 0.6 is 0 Å². The van der Waals surface area contributed by atoms with Gasteiger partial charge in [0.25, 0.3) is 0 Å². The molecule has 1 aromatic rings. The van der Waals surface area contributed by atoms with Gasteiger partial charge in [-0.2, -0.15) is 0 Å². The van der Waals surface area contributed by atoms with Crippen molar-refractivity contribution in [3.8, 4) is 11.5 Å². The van der Waals surface area contributed by atoms with Gasteiger partial charge in [0.05, 0.1) is 5.41 Å². The molecule has 0 aromatic heterocycles. The fourth-order valence-corrected chi connectivity index (χ4v) is 5.45. The highest BCUT2D eigenvalue weighted by atomic mass is 16.6. The van der Waals surface area contributed by atoms with Gasteiger partial charge in [-0.05, 0) is 49.0 Å². The van der Waals surface area contributed by atoms with E-state index < -0.39 is 23.1 Å². The van der Waals surface area contributed by atoms with E-state index in [9.17, 15) is 14.7 Å². The largest absolute Gasteiger partial charge is 0.477 e. The molecule has 24 heavy (non-hydrogen) atoms. The van der Waals surface area contributed by atoms with Gasteiger partial charge in [0.2, 0.25) is 0 Å². The molecule has 0 radical (unpaired) electrons. The standard InChI is InChI=1S/C19H18O5/c1-10(20)23-14-5-4-11-9-12-3-2-7-18-15(11)16(14)24-17(18)13(21)6-8-19(12,18)22/h4-6,8,12,17,22H,2-3,7,9H2,1H3/t12-,17+,18?,19-/m1/s1. The van der Waals surface area contributed by atoms with Crippen molar-refractivity contribution in [3.05, 3.63) is 35.4 Å². The number of aliphatic hydroxyl groups is 1. The molecule has 1 saturated carbocycles. The lowest BCUT2D eigenvalue weighted by atomic mass is 9.47. The molecule has 4 aliphatic rings. The lowest BCUT2D eigenvalue weighted by Gasteiger charge is -2.57. The lowest BCUT2D eigenvalue weighted by molar-refractivity contribution is -0.144. The van der Waals surface area contributed by atoms with Gasteiger partial charge in [-0.1, -0.05) is 12.5 Å². The highest BCUT2D eigenvalue weighted by molar-refractivity contribution is 5.99. The summed E-state index contributed by atoms with van der Waals surface area (Å²) < 4.78 is 11.4. The van der Waals surface area contributed by atoms with Crippen LogP contribution in [-0.4, -0.2) is 28.6 Å². The topological polar surface area (TPSA) is 72.8 Å². The number of hydrogen-bond donors (Lipinski definition) is 1. The van der Waals surface area contributed by atoms with E-state index in [4.69, 9.17) is 9.47 Å². The maximum Gasteiger partial charge on any atom is 0.308 e. The van der Waals surface area contributed by atoms with Gasteiger partial charge in [-0.15, -0.1) is 0 Å². The molecule has 5 nitrogen and oxygen atoms in total. The minimum absolute atomic E-state index is 0.0831. The molecule has 0 amide bonds. The van der Waals surface area contributed by atoms with Crippen LogP contribution in [0.15, 0.2) is 24.3 Å². The molecule has 3 aliphatic carbocycles. The van der Waals surface area contributed by atoms with Crippen LogP contribution in [0.4, 0.5) is 0 Å². The first kappa shape index (κ1) is 14.2. The Kier molecular flexibility index (Phi) is 2.53. The first-order valence-corrected chi connectivity index (χ1v) is 8.44. The Morgan fingerprint density at radius 1 is 1.42 bits per heavy atom. The summed E-state index contributed by atoms with van der Waals surface area (Å²) in [5, 5.41) is 11.6. The molecule has 1 unspecified atom stereocenters. The second-order valence-corrected chi connectivity index (χ2v) is 7.34. The van der Waals surface area contributed by atoms with Crippen molar-refractivity contribution >= 4 is 11.8 Å². The Hall–Kier alpha value is -2.14. The molecule has 1 aromatic carbocycles. The molecule has 1 N–H and O–H groups in total. The van der Waals surface area contributed by atoms with Gasteiger partial charge >= 0.3 is 5.97 Å². The van der Waals surface area contributed by atoms with Crippen LogP contribution in [0.2, 0.25) is 0 Å². The number of esters is 1. The summed E-state index contributed by atoms with van der Waals surface area (Å²) in [4.78, 5) is 24.0. The van der Waals surface area contributed by atoms with Gasteiger partial charge in [-0.25, -0.2) is 0 Å². The Morgan fingerprint density at radius 2 is 2.25 bits per heavy atom. The SMILES string of the molecule is CC(=O)Oc1ccc2c3c1O[C@H]1C(=O)C=C[C@@]4(O)[C@H](CCCC314)C2. The lowest BCUT2D eigenvalue weighted by Crippen LogP contribution is -2.68. The van der Waals surface area contributed by atoms with Crippen LogP contribution in [0.5, 0.6) is 11.5 Å². The van der Waals surface area contributed by atoms with Crippen LogP contribution < -0.4 is 9.47 Å². The molecule has 5 heteroatoms. The van der Waals surface area contributed by atoms with Crippen molar-refractivity contribution in [1.29, 1.82) is 0 Å². The molecular weight excluding hydrogens is 308 g/mol. The molecule has 4 atom stereocenters. The molecule has 1 fully saturated rings. The van der Waals surface area contributed by atoms with E-state index >= 15 is 0 Å². The molecular formula is C19H18O5. The smallest absolute Gasteiger partial charge is 0.308 e. The Balaban J connectivity index is 1.83. The predicted molar refractivity (Wildman–Crippen MR) is 84.0 cm³/mol. The third-order valence-corrected chi connectivity index (χ3v) is 6.28. The monoisotopic (exact) mass is 326 g/mol. The Labute approximate surface area is 139 Å². The van der Waals surface area contributed by atoms with Gasteiger partial charge in [0.1, 0.15) is 5.60 Å². The number of carbonyl (C=O) groups excluding carboxylic acids is 2. The van der Waals surface area contributed by atoms with Crippen LogP contribution in [-0.2, 0) is 21.4 Å². The number of ketones is 1. The fourth-order valence-electron chi connectivity index (χ4n) is 5.45. The van der Waals surface area contributed by atoms with Gasteiger partial charge in [-0.3, -0.25) is 9.59 Å². The van der Waals surface area contributed by atoms with E-state index in [-0.39, 0.29) is 11.7 Å². The Morgan fingerprint density at radius 3 is 3.04 bits per heavy atom. The number of ether oxygens (including phenoxy) is 2. The van der Waals surface area contributed by atoms with Gasteiger partial charge in [0, 0.05) is 12.5 Å². The van der Waals surface area contributed by atoms with Gasteiger partial charge < -0.3 is 14.6 Å². The molecule has 124 valence electrons. The average molecular weight is 326 g/mol. The Bertz CT molecular complexity index is 825. The number of hydrogen-bond acceptors (Lipinski definition) is 5. The molecule has 1 aliphatic heterocycles. The third-order valence-electron chi connectivity index (χ3n) is 6.28. The summed E-state index contributed by atoms with van der Waals surface area (Å²) in [5.74, 6) is 0.324. The maximum atomic E-state index is 12.6. The van der Waals surface area contributed by atoms with E-state index in [0.717, 1.165) is 30.4 Å². The first-order valence-electron chi connectivity index (χ1n) is 8.44. The highest BCUT2D eigenvalue weighted by Gasteiger charge is 2.70. The zero-order valence-electron chi connectivity index (χ0n) is 13.4. The molecule has 5 rings (SSSR count). The number of rotatable bonds is 1. The van der Waals surface area contributed by atoms with E-state index in [1.54, 1.807) is 12.1 Å². The second kappa shape index (κ2) is 4.28.